The van der Waals surface area contributed by atoms with Gasteiger partial charge in [-0.3, -0.25) is 0 Å². The lowest BCUT2D eigenvalue weighted by atomic mass is 10.5. The molecule has 1 heterocycles. The van der Waals surface area contributed by atoms with Crippen LogP contribution in [-0.4, -0.2) is 15.4 Å². The predicted molar refractivity (Wildman–Crippen MR) is 66.9 cm³/mol. The summed E-state index contributed by atoms with van der Waals surface area (Å²) < 4.78 is 7.43. The standard InChI is InChI=1S/C11H20OSSi/c1-9(2)14(12-5,10(3)4)11-7-6-8-13-11/h6-10H,1-5H3. The minimum atomic E-state index is -1.73. The Bertz CT molecular complexity index is 259. The highest BCUT2D eigenvalue weighted by Crippen LogP contribution is 2.33. The van der Waals surface area contributed by atoms with Gasteiger partial charge in [-0.2, -0.15) is 11.3 Å². The average molecular weight is 228 g/mol. The molecule has 0 saturated heterocycles. The third kappa shape index (κ3) is 1.81. The van der Waals surface area contributed by atoms with E-state index < -0.39 is 8.32 Å². The molecule has 3 heteroatoms. The lowest BCUT2D eigenvalue weighted by molar-refractivity contribution is 0.385. The maximum atomic E-state index is 5.95. The molecule has 1 aromatic rings. The molecule has 0 aromatic carbocycles. The van der Waals surface area contributed by atoms with E-state index in [1.807, 2.05) is 18.4 Å². The van der Waals surface area contributed by atoms with Crippen molar-refractivity contribution in [1.29, 1.82) is 0 Å². The molecule has 0 saturated carbocycles. The molecular weight excluding hydrogens is 208 g/mol. The van der Waals surface area contributed by atoms with Gasteiger partial charge < -0.3 is 4.43 Å². The normalized spacial score (nSPS) is 12.8. The Morgan fingerprint density at radius 3 is 2.07 bits per heavy atom. The van der Waals surface area contributed by atoms with E-state index in [0.29, 0.717) is 11.1 Å². The van der Waals surface area contributed by atoms with E-state index in [9.17, 15) is 0 Å². The Morgan fingerprint density at radius 1 is 1.21 bits per heavy atom. The number of hydrogen-bond donors (Lipinski definition) is 0. The van der Waals surface area contributed by atoms with Gasteiger partial charge in [0, 0.05) is 11.6 Å². The van der Waals surface area contributed by atoms with Crippen molar-refractivity contribution in [2.24, 2.45) is 0 Å². The van der Waals surface area contributed by atoms with Crippen LogP contribution in [0.15, 0.2) is 17.5 Å². The van der Waals surface area contributed by atoms with Gasteiger partial charge in [-0.05, 0) is 22.5 Å². The van der Waals surface area contributed by atoms with Gasteiger partial charge in [-0.1, -0.05) is 33.8 Å². The topological polar surface area (TPSA) is 9.23 Å². The summed E-state index contributed by atoms with van der Waals surface area (Å²) >= 11 is 1.85. The molecule has 1 aromatic heterocycles. The van der Waals surface area contributed by atoms with Gasteiger partial charge in [0.2, 0.25) is 8.32 Å². The van der Waals surface area contributed by atoms with E-state index in [4.69, 9.17) is 4.43 Å². The SMILES string of the molecule is CO[Si](c1cccs1)(C(C)C)C(C)C. The zero-order valence-electron chi connectivity index (χ0n) is 9.70. The van der Waals surface area contributed by atoms with E-state index in [0.717, 1.165) is 0 Å². The van der Waals surface area contributed by atoms with Gasteiger partial charge in [-0.25, -0.2) is 0 Å². The van der Waals surface area contributed by atoms with Crippen LogP contribution in [0.4, 0.5) is 0 Å². The second-order valence-corrected chi connectivity index (χ2v) is 10.4. The van der Waals surface area contributed by atoms with Crippen molar-refractivity contribution in [2.75, 3.05) is 7.11 Å². The highest BCUT2D eigenvalue weighted by molar-refractivity contribution is 7.25. The van der Waals surface area contributed by atoms with E-state index in [-0.39, 0.29) is 0 Å². The minimum absolute atomic E-state index is 0.631. The van der Waals surface area contributed by atoms with Crippen LogP contribution in [0.5, 0.6) is 0 Å². The van der Waals surface area contributed by atoms with Gasteiger partial charge in [0.1, 0.15) is 0 Å². The molecular formula is C11H20OSSi. The third-order valence-electron chi connectivity index (χ3n) is 2.96. The number of hydrogen-bond acceptors (Lipinski definition) is 2. The highest BCUT2D eigenvalue weighted by Gasteiger charge is 2.43. The summed E-state index contributed by atoms with van der Waals surface area (Å²) in [6.07, 6.45) is 0. The van der Waals surface area contributed by atoms with Crippen molar-refractivity contribution in [2.45, 2.75) is 38.8 Å². The van der Waals surface area contributed by atoms with Crippen molar-refractivity contribution in [3.05, 3.63) is 17.5 Å². The van der Waals surface area contributed by atoms with E-state index >= 15 is 0 Å². The van der Waals surface area contributed by atoms with Crippen LogP contribution in [0.3, 0.4) is 0 Å². The molecule has 0 unspecified atom stereocenters. The largest absolute Gasteiger partial charge is 0.414 e. The fourth-order valence-corrected chi connectivity index (χ4v) is 9.35. The van der Waals surface area contributed by atoms with E-state index in [1.54, 1.807) is 0 Å². The Hall–Kier alpha value is -0.123. The molecule has 0 radical (unpaired) electrons. The fourth-order valence-electron chi connectivity index (χ4n) is 2.31. The summed E-state index contributed by atoms with van der Waals surface area (Å²) in [6, 6.07) is 4.37. The lowest BCUT2D eigenvalue weighted by Gasteiger charge is -2.36. The van der Waals surface area contributed by atoms with Gasteiger partial charge in [0.05, 0.1) is 0 Å². The molecule has 0 spiro atoms. The second kappa shape index (κ2) is 4.60. The molecule has 0 aliphatic rings. The van der Waals surface area contributed by atoms with E-state index in [1.165, 1.54) is 4.50 Å². The summed E-state index contributed by atoms with van der Waals surface area (Å²) in [7, 11) is 0.151. The Morgan fingerprint density at radius 2 is 1.79 bits per heavy atom. The molecule has 0 fully saturated rings. The average Bonchev–Trinajstić information content (AvgIpc) is 2.58. The summed E-state index contributed by atoms with van der Waals surface area (Å²) in [4.78, 5) is 0. The number of rotatable bonds is 4. The maximum Gasteiger partial charge on any atom is 0.238 e. The third-order valence-corrected chi connectivity index (χ3v) is 10.00. The first kappa shape index (κ1) is 11.9. The van der Waals surface area contributed by atoms with Crippen molar-refractivity contribution < 1.29 is 4.43 Å². The summed E-state index contributed by atoms with van der Waals surface area (Å²) in [5, 5.41) is 2.15. The zero-order chi connectivity index (χ0) is 10.8. The van der Waals surface area contributed by atoms with Crippen LogP contribution in [-0.2, 0) is 4.43 Å². The van der Waals surface area contributed by atoms with Crippen molar-refractivity contribution in [1.82, 2.24) is 0 Å². The van der Waals surface area contributed by atoms with Crippen LogP contribution in [0.25, 0.3) is 0 Å². The molecule has 14 heavy (non-hydrogen) atoms. The van der Waals surface area contributed by atoms with Crippen molar-refractivity contribution in [3.63, 3.8) is 0 Å². The number of thiophene rings is 1. The Kier molecular flexibility index (Phi) is 3.92. The monoisotopic (exact) mass is 228 g/mol. The molecule has 0 atom stereocenters. The van der Waals surface area contributed by atoms with Crippen LogP contribution in [0.1, 0.15) is 27.7 Å². The van der Waals surface area contributed by atoms with Gasteiger partial charge in [-0.15, -0.1) is 0 Å². The molecule has 1 nitrogen and oxygen atoms in total. The molecule has 0 N–H and O–H groups in total. The van der Waals surface area contributed by atoms with Crippen molar-refractivity contribution >= 4 is 24.2 Å². The smallest absolute Gasteiger partial charge is 0.238 e. The van der Waals surface area contributed by atoms with Crippen LogP contribution >= 0.6 is 11.3 Å². The minimum Gasteiger partial charge on any atom is -0.414 e. The quantitative estimate of drug-likeness (QED) is 0.718. The summed E-state index contributed by atoms with van der Waals surface area (Å²) in [5.74, 6) is 0. The van der Waals surface area contributed by atoms with E-state index in [2.05, 4.69) is 45.2 Å². The maximum absolute atomic E-state index is 5.95. The fraction of sp³-hybridized carbons (Fsp3) is 0.636. The van der Waals surface area contributed by atoms with Crippen LogP contribution in [0, 0.1) is 0 Å². The molecule has 0 aliphatic carbocycles. The second-order valence-electron chi connectivity index (χ2n) is 4.28. The molecule has 0 aliphatic heterocycles. The van der Waals surface area contributed by atoms with Crippen LogP contribution in [0.2, 0.25) is 11.1 Å². The lowest BCUT2D eigenvalue weighted by Crippen LogP contribution is -2.53. The van der Waals surface area contributed by atoms with Crippen LogP contribution < -0.4 is 4.50 Å². The predicted octanol–water partition coefficient (Wildman–Crippen LogP) is 3.37. The first-order valence-corrected chi connectivity index (χ1v) is 8.09. The molecule has 0 bridgehead atoms. The first-order valence-electron chi connectivity index (χ1n) is 5.14. The first-order chi connectivity index (χ1) is 6.55. The zero-order valence-corrected chi connectivity index (χ0v) is 11.5. The van der Waals surface area contributed by atoms with Gasteiger partial charge in [0.25, 0.3) is 0 Å². The molecule has 80 valence electrons. The van der Waals surface area contributed by atoms with Gasteiger partial charge >= 0.3 is 0 Å². The van der Waals surface area contributed by atoms with Crippen molar-refractivity contribution in [3.8, 4) is 0 Å². The molecule has 0 amide bonds. The summed E-state index contributed by atoms with van der Waals surface area (Å²) in [6.45, 7) is 9.15. The summed E-state index contributed by atoms with van der Waals surface area (Å²) in [5.41, 5.74) is 1.26. The Labute approximate surface area is 92.2 Å². The molecule has 1 rings (SSSR count). The Balaban J connectivity index is 3.15. The highest BCUT2D eigenvalue weighted by atomic mass is 32.1. The van der Waals surface area contributed by atoms with Gasteiger partial charge in [0.15, 0.2) is 0 Å².